The number of nitrogens with two attached hydrogens (primary N) is 1. The van der Waals surface area contributed by atoms with Gasteiger partial charge in [-0.2, -0.15) is 4.98 Å². The first-order valence-corrected chi connectivity index (χ1v) is 5.48. The van der Waals surface area contributed by atoms with Gasteiger partial charge in [0.15, 0.2) is 0 Å². The van der Waals surface area contributed by atoms with Crippen LogP contribution in [0.2, 0.25) is 0 Å². The fraction of sp³-hybridized carbons (Fsp3) is 0.800. The monoisotopic (exact) mass is 212 g/mol. The van der Waals surface area contributed by atoms with Crippen molar-refractivity contribution in [3.05, 3.63) is 5.89 Å². The molecule has 1 heterocycles. The summed E-state index contributed by atoms with van der Waals surface area (Å²) >= 11 is 0. The Balaban J connectivity index is 2.63. The number of anilines is 1. The minimum absolute atomic E-state index is 0.384. The highest BCUT2D eigenvalue weighted by molar-refractivity contribution is 5.26. The molecule has 0 saturated heterocycles. The largest absolute Gasteiger partial charge is 0.339 e. The maximum absolute atomic E-state index is 5.54. The molecule has 1 aromatic heterocycles. The average molecular weight is 212 g/mol. The summed E-state index contributed by atoms with van der Waals surface area (Å²) in [6, 6.07) is 0. The SMILES string of the molecule is CCN(CC)c1noc(CC(C)CN)n1. The molecule has 0 bridgehead atoms. The number of hydrogen-bond acceptors (Lipinski definition) is 5. The molecule has 0 aliphatic rings. The zero-order valence-corrected chi connectivity index (χ0v) is 9.73. The van der Waals surface area contributed by atoms with Crippen molar-refractivity contribution in [1.82, 2.24) is 10.1 Å². The molecular formula is C10H20N4O. The Morgan fingerprint density at radius 3 is 2.60 bits per heavy atom. The fourth-order valence-electron chi connectivity index (χ4n) is 1.35. The first-order chi connectivity index (χ1) is 7.21. The van der Waals surface area contributed by atoms with E-state index in [2.05, 4.69) is 35.8 Å². The van der Waals surface area contributed by atoms with Gasteiger partial charge in [-0.05, 0) is 31.5 Å². The van der Waals surface area contributed by atoms with Crippen molar-refractivity contribution < 1.29 is 4.52 Å². The van der Waals surface area contributed by atoms with E-state index in [1.165, 1.54) is 0 Å². The highest BCUT2D eigenvalue weighted by Gasteiger charge is 2.12. The van der Waals surface area contributed by atoms with E-state index in [0.29, 0.717) is 24.3 Å². The van der Waals surface area contributed by atoms with Gasteiger partial charge in [0, 0.05) is 19.5 Å². The fourth-order valence-corrected chi connectivity index (χ4v) is 1.35. The summed E-state index contributed by atoms with van der Waals surface area (Å²) in [5.41, 5.74) is 5.54. The maximum atomic E-state index is 5.54. The van der Waals surface area contributed by atoms with Gasteiger partial charge in [-0.15, -0.1) is 0 Å². The number of aromatic nitrogens is 2. The van der Waals surface area contributed by atoms with Crippen LogP contribution in [0.1, 0.15) is 26.7 Å². The third-order valence-electron chi connectivity index (χ3n) is 2.43. The maximum Gasteiger partial charge on any atom is 0.266 e. The van der Waals surface area contributed by atoms with Gasteiger partial charge in [-0.1, -0.05) is 6.92 Å². The lowest BCUT2D eigenvalue weighted by Crippen LogP contribution is -2.23. The van der Waals surface area contributed by atoms with E-state index in [9.17, 15) is 0 Å². The van der Waals surface area contributed by atoms with Crippen LogP contribution in [0.5, 0.6) is 0 Å². The third kappa shape index (κ3) is 3.20. The molecule has 0 aromatic carbocycles. The molecule has 0 fully saturated rings. The molecule has 0 spiro atoms. The molecule has 1 aromatic rings. The quantitative estimate of drug-likeness (QED) is 0.763. The Kier molecular flexibility index (Phi) is 4.55. The van der Waals surface area contributed by atoms with Crippen LogP contribution in [0.4, 0.5) is 5.95 Å². The predicted molar refractivity (Wildman–Crippen MR) is 59.8 cm³/mol. The van der Waals surface area contributed by atoms with E-state index in [1.54, 1.807) is 0 Å². The molecule has 0 amide bonds. The lowest BCUT2D eigenvalue weighted by Gasteiger charge is -2.14. The van der Waals surface area contributed by atoms with Gasteiger partial charge in [0.2, 0.25) is 5.89 Å². The summed E-state index contributed by atoms with van der Waals surface area (Å²) in [6.45, 7) is 8.64. The molecule has 5 heteroatoms. The summed E-state index contributed by atoms with van der Waals surface area (Å²) < 4.78 is 5.16. The summed E-state index contributed by atoms with van der Waals surface area (Å²) in [4.78, 5) is 6.39. The normalized spacial score (nSPS) is 12.8. The molecule has 1 rings (SSSR count). The minimum Gasteiger partial charge on any atom is -0.339 e. The van der Waals surface area contributed by atoms with Gasteiger partial charge in [-0.3, -0.25) is 0 Å². The Morgan fingerprint density at radius 1 is 1.40 bits per heavy atom. The van der Waals surface area contributed by atoms with Gasteiger partial charge < -0.3 is 15.2 Å². The van der Waals surface area contributed by atoms with Crippen molar-refractivity contribution in [2.45, 2.75) is 27.2 Å². The Bertz CT molecular complexity index is 283. The number of hydrogen-bond donors (Lipinski definition) is 1. The van der Waals surface area contributed by atoms with Crippen LogP contribution in [0.15, 0.2) is 4.52 Å². The lowest BCUT2D eigenvalue weighted by molar-refractivity contribution is 0.358. The highest BCUT2D eigenvalue weighted by Crippen LogP contribution is 2.11. The van der Waals surface area contributed by atoms with E-state index in [4.69, 9.17) is 10.3 Å². The van der Waals surface area contributed by atoms with Crippen LogP contribution in [-0.4, -0.2) is 29.8 Å². The topological polar surface area (TPSA) is 68.2 Å². The molecule has 5 nitrogen and oxygen atoms in total. The van der Waals surface area contributed by atoms with E-state index in [1.807, 2.05) is 0 Å². The van der Waals surface area contributed by atoms with Crippen molar-refractivity contribution in [3.8, 4) is 0 Å². The van der Waals surface area contributed by atoms with Crippen molar-refractivity contribution in [2.75, 3.05) is 24.5 Å². The van der Waals surface area contributed by atoms with Gasteiger partial charge >= 0.3 is 0 Å². The molecule has 0 radical (unpaired) electrons. The second-order valence-corrected chi connectivity index (χ2v) is 3.71. The smallest absolute Gasteiger partial charge is 0.266 e. The first kappa shape index (κ1) is 12.0. The zero-order valence-electron chi connectivity index (χ0n) is 9.73. The van der Waals surface area contributed by atoms with Gasteiger partial charge in [0.05, 0.1) is 0 Å². The average Bonchev–Trinajstić information content (AvgIpc) is 2.68. The van der Waals surface area contributed by atoms with Crippen LogP contribution in [0.3, 0.4) is 0 Å². The van der Waals surface area contributed by atoms with Crippen LogP contribution < -0.4 is 10.6 Å². The molecule has 1 atom stereocenters. The van der Waals surface area contributed by atoms with Crippen LogP contribution in [0, 0.1) is 5.92 Å². The van der Waals surface area contributed by atoms with Gasteiger partial charge in [-0.25, -0.2) is 0 Å². The summed E-state index contributed by atoms with van der Waals surface area (Å²) in [7, 11) is 0. The second-order valence-electron chi connectivity index (χ2n) is 3.71. The van der Waals surface area contributed by atoms with E-state index < -0.39 is 0 Å². The molecule has 86 valence electrons. The Morgan fingerprint density at radius 2 is 2.07 bits per heavy atom. The molecule has 0 aliphatic heterocycles. The standard InChI is InChI=1S/C10H20N4O/c1-4-14(5-2)10-12-9(15-13-10)6-8(3)7-11/h8H,4-7,11H2,1-3H3. The van der Waals surface area contributed by atoms with E-state index in [-0.39, 0.29) is 0 Å². The second kappa shape index (κ2) is 5.70. The molecule has 2 N–H and O–H groups in total. The van der Waals surface area contributed by atoms with Gasteiger partial charge in [0.25, 0.3) is 5.95 Å². The van der Waals surface area contributed by atoms with E-state index >= 15 is 0 Å². The highest BCUT2D eigenvalue weighted by atomic mass is 16.5. The zero-order chi connectivity index (χ0) is 11.3. The molecular weight excluding hydrogens is 192 g/mol. The minimum atomic E-state index is 0.384. The van der Waals surface area contributed by atoms with Crippen molar-refractivity contribution in [1.29, 1.82) is 0 Å². The van der Waals surface area contributed by atoms with Gasteiger partial charge in [0.1, 0.15) is 0 Å². The molecule has 15 heavy (non-hydrogen) atoms. The number of rotatable bonds is 6. The van der Waals surface area contributed by atoms with Crippen molar-refractivity contribution in [2.24, 2.45) is 11.7 Å². The third-order valence-corrected chi connectivity index (χ3v) is 2.43. The molecule has 1 unspecified atom stereocenters. The summed E-state index contributed by atoms with van der Waals surface area (Å²) in [5.74, 6) is 1.74. The first-order valence-electron chi connectivity index (χ1n) is 5.48. The summed E-state index contributed by atoms with van der Waals surface area (Å²) in [6.07, 6.45) is 0.755. The van der Waals surface area contributed by atoms with Crippen LogP contribution >= 0.6 is 0 Å². The van der Waals surface area contributed by atoms with Crippen LogP contribution in [0.25, 0.3) is 0 Å². The Hall–Kier alpha value is -1.10. The molecule has 0 aliphatic carbocycles. The van der Waals surface area contributed by atoms with Crippen molar-refractivity contribution in [3.63, 3.8) is 0 Å². The van der Waals surface area contributed by atoms with E-state index in [0.717, 1.165) is 19.5 Å². The Labute approximate surface area is 90.6 Å². The van der Waals surface area contributed by atoms with Crippen LogP contribution in [-0.2, 0) is 6.42 Å². The number of nitrogens with zero attached hydrogens (tertiary/aromatic N) is 3. The summed E-state index contributed by atoms with van der Waals surface area (Å²) in [5, 5.41) is 3.94. The lowest BCUT2D eigenvalue weighted by atomic mass is 10.1. The molecule has 0 saturated carbocycles. The predicted octanol–water partition coefficient (Wildman–Crippen LogP) is 1.05. The van der Waals surface area contributed by atoms with Crippen molar-refractivity contribution >= 4 is 5.95 Å².